The Morgan fingerprint density at radius 3 is 2.53 bits per heavy atom. The predicted molar refractivity (Wildman–Crippen MR) is 69.0 cm³/mol. The van der Waals surface area contributed by atoms with Gasteiger partial charge in [-0.3, -0.25) is 0 Å². The van der Waals surface area contributed by atoms with Crippen LogP contribution in [0.15, 0.2) is 36.4 Å². The summed E-state index contributed by atoms with van der Waals surface area (Å²) in [5.41, 5.74) is 0.688. The molecule has 0 unspecified atom stereocenters. The van der Waals surface area contributed by atoms with Crippen LogP contribution >= 0.6 is 0 Å². The number of benzene rings is 2. The van der Waals surface area contributed by atoms with E-state index < -0.39 is 0 Å². The molecule has 0 amide bonds. The molecule has 0 fully saturated rings. The van der Waals surface area contributed by atoms with Crippen molar-refractivity contribution < 1.29 is 4.74 Å². The molecule has 2 aromatic carbocycles. The van der Waals surface area contributed by atoms with Gasteiger partial charge in [-0.2, -0.15) is 5.26 Å². The van der Waals surface area contributed by atoms with E-state index in [0.717, 1.165) is 23.1 Å². The summed E-state index contributed by atoms with van der Waals surface area (Å²) >= 11 is 0. The van der Waals surface area contributed by atoms with Crippen molar-refractivity contribution in [1.82, 2.24) is 0 Å². The third-order valence-corrected chi connectivity index (χ3v) is 2.52. The van der Waals surface area contributed by atoms with Gasteiger partial charge in [0, 0.05) is 0 Å². The molecule has 0 aliphatic heterocycles. The molecule has 0 aliphatic carbocycles. The predicted octanol–water partition coefficient (Wildman–Crippen LogP) is 3.75. The monoisotopic (exact) mass is 225 g/mol. The van der Waals surface area contributed by atoms with Crippen molar-refractivity contribution in [1.29, 1.82) is 5.26 Å². The van der Waals surface area contributed by atoms with E-state index in [-0.39, 0.29) is 0 Å². The van der Waals surface area contributed by atoms with E-state index in [0.29, 0.717) is 11.5 Å². The van der Waals surface area contributed by atoms with Gasteiger partial charge in [0.2, 0.25) is 0 Å². The summed E-state index contributed by atoms with van der Waals surface area (Å²) in [6.45, 7) is 4.97. The van der Waals surface area contributed by atoms with Crippen molar-refractivity contribution in [2.75, 3.05) is 6.61 Å². The number of hydrogen-bond acceptors (Lipinski definition) is 2. The SMILES string of the molecule is CC(C)COc1ccc2cc(C#N)ccc2c1. The van der Waals surface area contributed by atoms with Crippen molar-refractivity contribution in [2.24, 2.45) is 5.92 Å². The van der Waals surface area contributed by atoms with Crippen LogP contribution in [0, 0.1) is 17.2 Å². The molecule has 0 N–H and O–H groups in total. The lowest BCUT2D eigenvalue weighted by Crippen LogP contribution is -2.04. The standard InChI is InChI=1S/C15H15NO/c1-11(2)10-17-15-6-5-13-7-12(9-16)3-4-14(13)8-15/h3-8,11H,10H2,1-2H3. The molecule has 2 aromatic rings. The molecule has 0 aromatic heterocycles. The average Bonchev–Trinajstić information content (AvgIpc) is 2.35. The third kappa shape index (κ3) is 2.76. The number of rotatable bonds is 3. The maximum atomic E-state index is 8.82. The molecule has 2 nitrogen and oxygen atoms in total. The van der Waals surface area contributed by atoms with Gasteiger partial charge in [0.25, 0.3) is 0 Å². The Hall–Kier alpha value is -2.01. The minimum atomic E-state index is 0.520. The molecule has 0 radical (unpaired) electrons. The summed E-state index contributed by atoms with van der Waals surface area (Å²) in [5, 5.41) is 11.0. The second-order valence-electron chi connectivity index (χ2n) is 4.54. The van der Waals surface area contributed by atoms with Crippen LogP contribution in [-0.2, 0) is 0 Å². The Morgan fingerprint density at radius 1 is 1.12 bits per heavy atom. The molecule has 0 saturated carbocycles. The van der Waals surface area contributed by atoms with Gasteiger partial charge in [-0.25, -0.2) is 0 Å². The largest absolute Gasteiger partial charge is 0.493 e. The van der Waals surface area contributed by atoms with Gasteiger partial charge in [-0.15, -0.1) is 0 Å². The van der Waals surface area contributed by atoms with Crippen LogP contribution in [-0.4, -0.2) is 6.61 Å². The molecule has 2 rings (SSSR count). The zero-order chi connectivity index (χ0) is 12.3. The smallest absolute Gasteiger partial charge is 0.119 e. The summed E-state index contributed by atoms with van der Waals surface area (Å²) in [6, 6.07) is 13.8. The Labute approximate surface area is 101 Å². The average molecular weight is 225 g/mol. The highest BCUT2D eigenvalue weighted by Crippen LogP contribution is 2.22. The lowest BCUT2D eigenvalue weighted by atomic mass is 10.1. The highest BCUT2D eigenvalue weighted by molar-refractivity contribution is 5.85. The summed E-state index contributed by atoms with van der Waals surface area (Å²) in [5.74, 6) is 1.41. The molecule has 17 heavy (non-hydrogen) atoms. The van der Waals surface area contributed by atoms with Crippen molar-refractivity contribution in [3.05, 3.63) is 42.0 Å². The maximum Gasteiger partial charge on any atom is 0.119 e. The molecule has 2 heteroatoms. The number of nitrogens with zero attached hydrogens (tertiary/aromatic N) is 1. The van der Waals surface area contributed by atoms with Crippen LogP contribution < -0.4 is 4.74 Å². The number of hydrogen-bond donors (Lipinski definition) is 0. The summed E-state index contributed by atoms with van der Waals surface area (Å²) in [6.07, 6.45) is 0. The van der Waals surface area contributed by atoms with Crippen LogP contribution in [0.3, 0.4) is 0 Å². The lowest BCUT2D eigenvalue weighted by Gasteiger charge is -2.09. The number of ether oxygens (including phenoxy) is 1. The van der Waals surface area contributed by atoms with Crippen molar-refractivity contribution in [3.8, 4) is 11.8 Å². The molecular weight excluding hydrogens is 210 g/mol. The first-order valence-electron chi connectivity index (χ1n) is 5.76. The number of nitriles is 1. The Kier molecular flexibility index (Phi) is 3.30. The fourth-order valence-corrected chi connectivity index (χ4v) is 1.65. The van der Waals surface area contributed by atoms with Crippen molar-refractivity contribution in [3.63, 3.8) is 0 Å². The fourth-order valence-electron chi connectivity index (χ4n) is 1.65. The van der Waals surface area contributed by atoms with Gasteiger partial charge in [0.15, 0.2) is 0 Å². The Morgan fingerprint density at radius 2 is 1.82 bits per heavy atom. The van der Waals surface area contributed by atoms with Crippen LogP contribution in [0.1, 0.15) is 19.4 Å². The first-order valence-corrected chi connectivity index (χ1v) is 5.76. The highest BCUT2D eigenvalue weighted by Gasteiger charge is 2.00. The minimum Gasteiger partial charge on any atom is -0.493 e. The first-order chi connectivity index (χ1) is 8.19. The second-order valence-corrected chi connectivity index (χ2v) is 4.54. The van der Waals surface area contributed by atoms with E-state index in [4.69, 9.17) is 10.00 Å². The van der Waals surface area contributed by atoms with Gasteiger partial charge in [-0.05, 0) is 41.0 Å². The third-order valence-electron chi connectivity index (χ3n) is 2.52. The van der Waals surface area contributed by atoms with E-state index in [1.165, 1.54) is 0 Å². The van der Waals surface area contributed by atoms with Crippen LogP contribution in [0.2, 0.25) is 0 Å². The van der Waals surface area contributed by atoms with Crippen molar-refractivity contribution in [2.45, 2.75) is 13.8 Å². The molecule has 0 aliphatic rings. The molecule has 0 atom stereocenters. The first kappa shape index (κ1) is 11.5. The molecule has 0 spiro atoms. The quantitative estimate of drug-likeness (QED) is 0.797. The molecule has 0 saturated heterocycles. The minimum absolute atomic E-state index is 0.520. The second kappa shape index (κ2) is 4.88. The van der Waals surface area contributed by atoms with E-state index in [2.05, 4.69) is 19.9 Å². The van der Waals surface area contributed by atoms with E-state index >= 15 is 0 Å². The van der Waals surface area contributed by atoms with E-state index in [1.54, 1.807) is 0 Å². The lowest BCUT2D eigenvalue weighted by molar-refractivity contribution is 0.271. The molecule has 0 heterocycles. The number of fused-ring (bicyclic) bond motifs is 1. The Bertz CT molecular complexity index is 567. The van der Waals surface area contributed by atoms with Crippen LogP contribution in [0.4, 0.5) is 0 Å². The van der Waals surface area contributed by atoms with Crippen LogP contribution in [0.5, 0.6) is 5.75 Å². The van der Waals surface area contributed by atoms with Crippen molar-refractivity contribution >= 4 is 10.8 Å². The van der Waals surface area contributed by atoms with Gasteiger partial charge in [0.05, 0.1) is 18.2 Å². The Balaban J connectivity index is 2.29. The maximum absolute atomic E-state index is 8.82. The molecular formula is C15H15NO. The zero-order valence-electron chi connectivity index (χ0n) is 10.1. The normalized spacial score (nSPS) is 10.5. The zero-order valence-corrected chi connectivity index (χ0v) is 10.1. The molecule has 0 bridgehead atoms. The fraction of sp³-hybridized carbons (Fsp3) is 0.267. The van der Waals surface area contributed by atoms with Gasteiger partial charge >= 0.3 is 0 Å². The van der Waals surface area contributed by atoms with Gasteiger partial charge < -0.3 is 4.74 Å². The van der Waals surface area contributed by atoms with Gasteiger partial charge in [0.1, 0.15) is 5.75 Å². The summed E-state index contributed by atoms with van der Waals surface area (Å²) in [7, 11) is 0. The highest BCUT2D eigenvalue weighted by atomic mass is 16.5. The van der Waals surface area contributed by atoms with Gasteiger partial charge in [-0.1, -0.05) is 26.0 Å². The van der Waals surface area contributed by atoms with E-state index in [1.807, 2.05) is 36.4 Å². The summed E-state index contributed by atoms with van der Waals surface area (Å²) in [4.78, 5) is 0. The van der Waals surface area contributed by atoms with E-state index in [9.17, 15) is 0 Å². The van der Waals surface area contributed by atoms with Crippen LogP contribution in [0.25, 0.3) is 10.8 Å². The molecule has 86 valence electrons. The topological polar surface area (TPSA) is 33.0 Å². The summed E-state index contributed by atoms with van der Waals surface area (Å²) < 4.78 is 5.67.